The third-order valence-corrected chi connectivity index (χ3v) is 6.45. The standard InChI is InChI=1S/C22H33N3O2/c26-22(24-13-15-27-16-14-24)20-7-4-10-25(18-20)21-8-11-23(12-9-21)17-19-5-2-1-3-6-19/h1-3,5-6,20-21H,4,7-18H2/t20-/m0/s1. The minimum atomic E-state index is 0.194. The normalized spacial score (nSPS) is 26.2. The molecule has 0 radical (unpaired) electrons. The number of carbonyl (C=O) groups is 1. The lowest BCUT2D eigenvalue weighted by Gasteiger charge is -2.43. The van der Waals surface area contributed by atoms with Crippen LogP contribution in [0.3, 0.4) is 0 Å². The van der Waals surface area contributed by atoms with E-state index in [1.165, 1.54) is 18.4 Å². The lowest BCUT2D eigenvalue weighted by atomic mass is 9.92. The van der Waals surface area contributed by atoms with Gasteiger partial charge in [-0.25, -0.2) is 0 Å². The van der Waals surface area contributed by atoms with Gasteiger partial charge in [0.15, 0.2) is 0 Å². The Morgan fingerprint density at radius 1 is 0.963 bits per heavy atom. The maximum absolute atomic E-state index is 12.9. The van der Waals surface area contributed by atoms with Crippen molar-refractivity contribution < 1.29 is 9.53 Å². The molecule has 3 heterocycles. The fourth-order valence-corrected chi connectivity index (χ4v) is 4.87. The topological polar surface area (TPSA) is 36.0 Å². The fraction of sp³-hybridized carbons (Fsp3) is 0.682. The predicted molar refractivity (Wildman–Crippen MR) is 106 cm³/mol. The molecule has 0 N–H and O–H groups in total. The molecule has 27 heavy (non-hydrogen) atoms. The highest BCUT2D eigenvalue weighted by Crippen LogP contribution is 2.26. The van der Waals surface area contributed by atoms with Crippen molar-refractivity contribution in [2.75, 3.05) is 52.5 Å². The van der Waals surface area contributed by atoms with Crippen LogP contribution in [0.15, 0.2) is 30.3 Å². The summed E-state index contributed by atoms with van der Waals surface area (Å²) >= 11 is 0. The molecule has 3 fully saturated rings. The summed E-state index contributed by atoms with van der Waals surface area (Å²) in [6.07, 6.45) is 4.67. The number of amides is 1. The smallest absolute Gasteiger partial charge is 0.227 e. The molecule has 0 spiro atoms. The van der Waals surface area contributed by atoms with Crippen LogP contribution in [-0.4, -0.2) is 79.1 Å². The summed E-state index contributed by atoms with van der Waals surface area (Å²) in [6.45, 7) is 8.45. The van der Waals surface area contributed by atoms with E-state index in [2.05, 4.69) is 40.1 Å². The van der Waals surface area contributed by atoms with Gasteiger partial charge in [0.2, 0.25) is 5.91 Å². The van der Waals surface area contributed by atoms with Crippen LogP contribution in [0.25, 0.3) is 0 Å². The molecule has 3 aliphatic rings. The molecule has 0 saturated carbocycles. The quantitative estimate of drug-likeness (QED) is 0.813. The Hall–Kier alpha value is -1.43. The number of carbonyl (C=O) groups excluding carboxylic acids is 1. The molecular formula is C22H33N3O2. The van der Waals surface area contributed by atoms with Crippen LogP contribution in [0.4, 0.5) is 0 Å². The van der Waals surface area contributed by atoms with Crippen molar-refractivity contribution >= 4 is 5.91 Å². The van der Waals surface area contributed by atoms with Crippen LogP contribution < -0.4 is 0 Å². The average Bonchev–Trinajstić information content (AvgIpc) is 2.75. The van der Waals surface area contributed by atoms with Gasteiger partial charge in [-0.3, -0.25) is 14.6 Å². The van der Waals surface area contributed by atoms with Crippen molar-refractivity contribution in [3.63, 3.8) is 0 Å². The first-order valence-corrected chi connectivity index (χ1v) is 10.7. The van der Waals surface area contributed by atoms with Crippen LogP contribution >= 0.6 is 0 Å². The van der Waals surface area contributed by atoms with E-state index in [4.69, 9.17) is 4.74 Å². The van der Waals surface area contributed by atoms with Crippen LogP contribution in [0, 0.1) is 5.92 Å². The maximum atomic E-state index is 12.9. The molecule has 3 aliphatic heterocycles. The third kappa shape index (κ3) is 4.89. The lowest BCUT2D eigenvalue weighted by molar-refractivity contribution is -0.142. The largest absolute Gasteiger partial charge is 0.378 e. The predicted octanol–water partition coefficient (Wildman–Crippen LogP) is 2.22. The summed E-state index contributed by atoms with van der Waals surface area (Å²) in [5, 5.41) is 0. The van der Waals surface area contributed by atoms with Crippen LogP contribution in [-0.2, 0) is 16.1 Å². The SMILES string of the molecule is O=C([C@H]1CCCN(C2CCN(Cc3ccccc3)CC2)C1)N1CCOCC1. The highest BCUT2D eigenvalue weighted by Gasteiger charge is 2.33. The monoisotopic (exact) mass is 371 g/mol. The minimum absolute atomic E-state index is 0.194. The van der Waals surface area contributed by atoms with Gasteiger partial charge in [0.05, 0.1) is 19.1 Å². The van der Waals surface area contributed by atoms with E-state index >= 15 is 0 Å². The Bertz CT molecular complexity index is 595. The number of hydrogen-bond donors (Lipinski definition) is 0. The summed E-state index contributed by atoms with van der Waals surface area (Å²) in [5.41, 5.74) is 1.41. The third-order valence-electron chi connectivity index (χ3n) is 6.45. The van der Waals surface area contributed by atoms with Crippen molar-refractivity contribution in [1.82, 2.24) is 14.7 Å². The lowest BCUT2D eigenvalue weighted by Crippen LogP contribution is -2.52. The molecule has 4 rings (SSSR count). The zero-order valence-electron chi connectivity index (χ0n) is 16.4. The van der Waals surface area contributed by atoms with Gasteiger partial charge >= 0.3 is 0 Å². The van der Waals surface area contributed by atoms with Crippen molar-refractivity contribution in [2.45, 2.75) is 38.3 Å². The second-order valence-corrected chi connectivity index (χ2v) is 8.26. The molecule has 5 nitrogen and oxygen atoms in total. The van der Waals surface area contributed by atoms with Crippen molar-refractivity contribution in [1.29, 1.82) is 0 Å². The Balaban J connectivity index is 1.26. The first kappa shape index (κ1) is 18.9. The fourth-order valence-electron chi connectivity index (χ4n) is 4.87. The van der Waals surface area contributed by atoms with Crippen molar-refractivity contribution in [3.05, 3.63) is 35.9 Å². The zero-order chi connectivity index (χ0) is 18.5. The van der Waals surface area contributed by atoms with Crippen LogP contribution in [0.2, 0.25) is 0 Å². The zero-order valence-corrected chi connectivity index (χ0v) is 16.4. The second kappa shape index (κ2) is 9.18. The molecule has 1 aromatic carbocycles. The van der Waals surface area contributed by atoms with Gasteiger partial charge in [-0.15, -0.1) is 0 Å². The number of morpholine rings is 1. The minimum Gasteiger partial charge on any atom is -0.378 e. The summed E-state index contributed by atoms with van der Waals surface area (Å²) in [6, 6.07) is 11.4. The van der Waals surface area contributed by atoms with Gasteiger partial charge in [-0.05, 0) is 50.9 Å². The molecule has 148 valence electrons. The van der Waals surface area contributed by atoms with E-state index < -0.39 is 0 Å². The van der Waals surface area contributed by atoms with Crippen molar-refractivity contribution in [3.8, 4) is 0 Å². The Morgan fingerprint density at radius 2 is 1.70 bits per heavy atom. The Morgan fingerprint density at radius 3 is 2.44 bits per heavy atom. The van der Waals surface area contributed by atoms with Crippen LogP contribution in [0.5, 0.6) is 0 Å². The van der Waals surface area contributed by atoms with E-state index in [0.717, 1.165) is 58.7 Å². The molecule has 0 aromatic heterocycles. The second-order valence-electron chi connectivity index (χ2n) is 8.26. The number of ether oxygens (including phenoxy) is 1. The molecule has 3 saturated heterocycles. The molecule has 1 atom stereocenters. The molecule has 5 heteroatoms. The molecule has 1 amide bonds. The average molecular weight is 372 g/mol. The van der Waals surface area contributed by atoms with Gasteiger partial charge in [0.1, 0.15) is 0 Å². The number of piperidine rings is 2. The summed E-state index contributed by atoms with van der Waals surface area (Å²) in [7, 11) is 0. The van der Waals surface area contributed by atoms with Gasteiger partial charge in [0.25, 0.3) is 0 Å². The maximum Gasteiger partial charge on any atom is 0.227 e. The molecular weight excluding hydrogens is 338 g/mol. The number of hydrogen-bond acceptors (Lipinski definition) is 4. The highest BCUT2D eigenvalue weighted by molar-refractivity contribution is 5.79. The van der Waals surface area contributed by atoms with Gasteiger partial charge in [-0.1, -0.05) is 30.3 Å². The molecule has 0 aliphatic carbocycles. The number of likely N-dealkylation sites (tertiary alicyclic amines) is 2. The van der Waals surface area contributed by atoms with E-state index in [1.807, 2.05) is 4.90 Å². The summed E-state index contributed by atoms with van der Waals surface area (Å²) < 4.78 is 5.40. The van der Waals surface area contributed by atoms with E-state index in [1.54, 1.807) is 0 Å². The summed E-state index contributed by atoms with van der Waals surface area (Å²) in [4.78, 5) is 20.1. The Labute approximate surface area is 163 Å². The molecule has 0 unspecified atom stereocenters. The number of rotatable bonds is 4. The van der Waals surface area contributed by atoms with Gasteiger partial charge in [0, 0.05) is 32.2 Å². The van der Waals surface area contributed by atoms with Gasteiger partial charge in [-0.2, -0.15) is 0 Å². The Kier molecular flexibility index (Phi) is 6.43. The summed E-state index contributed by atoms with van der Waals surface area (Å²) in [5.74, 6) is 0.559. The van der Waals surface area contributed by atoms with Crippen LogP contribution in [0.1, 0.15) is 31.2 Å². The number of benzene rings is 1. The first-order chi connectivity index (χ1) is 13.3. The van der Waals surface area contributed by atoms with Crippen molar-refractivity contribution in [2.24, 2.45) is 5.92 Å². The van der Waals surface area contributed by atoms with Gasteiger partial charge < -0.3 is 9.64 Å². The first-order valence-electron chi connectivity index (χ1n) is 10.7. The molecule has 1 aromatic rings. The van der Waals surface area contributed by atoms with E-state index in [9.17, 15) is 4.79 Å². The van der Waals surface area contributed by atoms with E-state index in [0.29, 0.717) is 25.2 Å². The molecule has 0 bridgehead atoms. The highest BCUT2D eigenvalue weighted by atomic mass is 16.5. The number of nitrogens with zero attached hydrogens (tertiary/aromatic N) is 3. The van der Waals surface area contributed by atoms with E-state index in [-0.39, 0.29) is 5.92 Å².